The van der Waals surface area contributed by atoms with Crippen molar-refractivity contribution in [1.82, 2.24) is 5.32 Å². The third kappa shape index (κ3) is 4.73. The maximum absolute atomic E-state index is 12.6. The molecule has 0 aromatic heterocycles. The lowest BCUT2D eigenvalue weighted by Crippen LogP contribution is -2.52. The number of carbonyl (C=O) groups is 2. The van der Waals surface area contributed by atoms with Crippen molar-refractivity contribution in [2.75, 3.05) is 7.11 Å². The summed E-state index contributed by atoms with van der Waals surface area (Å²) in [5, 5.41) is 14.3. The van der Waals surface area contributed by atoms with Gasteiger partial charge < -0.3 is 14.8 Å². The molecule has 2 aromatic rings. The zero-order valence-electron chi connectivity index (χ0n) is 17.7. The second-order valence-electron chi connectivity index (χ2n) is 8.02. The number of hydrogen-bond acceptors (Lipinski definition) is 5. The van der Waals surface area contributed by atoms with Crippen LogP contribution in [0.4, 0.5) is 0 Å². The summed E-state index contributed by atoms with van der Waals surface area (Å²) in [6.07, 6.45) is 3.19. The highest BCUT2D eigenvalue weighted by molar-refractivity contribution is 5.88. The molecule has 0 heterocycles. The van der Waals surface area contributed by atoms with Gasteiger partial charge in [0.05, 0.1) is 19.1 Å². The van der Waals surface area contributed by atoms with E-state index in [0.717, 1.165) is 41.3 Å². The molecule has 30 heavy (non-hydrogen) atoms. The first-order valence-electron chi connectivity index (χ1n) is 10.4. The number of fused-ring (bicyclic) bond motifs is 1. The molecule has 158 valence electrons. The molecule has 1 saturated carbocycles. The van der Waals surface area contributed by atoms with Crippen LogP contribution in [0, 0.1) is 11.3 Å². The molecule has 1 aliphatic rings. The van der Waals surface area contributed by atoms with Gasteiger partial charge in [-0.2, -0.15) is 5.26 Å². The number of hydrogen-bond donors (Lipinski definition) is 1. The highest BCUT2D eigenvalue weighted by Crippen LogP contribution is 2.28. The second kappa shape index (κ2) is 9.17. The lowest BCUT2D eigenvalue weighted by atomic mass is 9.83. The third-order valence-electron chi connectivity index (χ3n) is 5.87. The SMILES string of the molecule is COc1ccc2cc([C@H](C)C(=O)O[C@@H](C)C(=O)NC3(C#N)CCCCC3)ccc2c1. The number of nitrogens with one attached hydrogen (secondary N) is 1. The van der Waals surface area contributed by atoms with E-state index in [-0.39, 0.29) is 0 Å². The van der Waals surface area contributed by atoms with Crippen molar-refractivity contribution in [3.8, 4) is 11.8 Å². The van der Waals surface area contributed by atoms with Crippen molar-refractivity contribution in [1.29, 1.82) is 5.26 Å². The molecular formula is C24H28N2O4. The first kappa shape index (κ1) is 21.6. The topological polar surface area (TPSA) is 88.4 Å². The fraction of sp³-hybridized carbons (Fsp3) is 0.458. The molecule has 1 aliphatic carbocycles. The van der Waals surface area contributed by atoms with Gasteiger partial charge in [0.25, 0.3) is 5.91 Å². The Morgan fingerprint density at radius 2 is 1.73 bits per heavy atom. The molecule has 0 aliphatic heterocycles. The molecule has 1 N–H and O–H groups in total. The van der Waals surface area contributed by atoms with Gasteiger partial charge in [0, 0.05) is 0 Å². The van der Waals surface area contributed by atoms with Crippen molar-refractivity contribution in [3.63, 3.8) is 0 Å². The van der Waals surface area contributed by atoms with Crippen LogP contribution in [-0.2, 0) is 14.3 Å². The molecule has 1 fully saturated rings. The standard InChI is InChI=1S/C24H28N2O4/c1-16(18-7-8-20-14-21(29-3)10-9-19(20)13-18)23(28)30-17(2)22(27)26-24(15-25)11-5-4-6-12-24/h7-10,13-14,16-17H,4-6,11-12H2,1-3H3,(H,26,27)/t16-,17-/m0/s1. The van der Waals surface area contributed by atoms with Crippen LogP contribution in [0.15, 0.2) is 36.4 Å². The number of rotatable bonds is 6. The predicted molar refractivity (Wildman–Crippen MR) is 114 cm³/mol. The zero-order valence-corrected chi connectivity index (χ0v) is 17.7. The van der Waals surface area contributed by atoms with E-state index in [1.54, 1.807) is 21.0 Å². The molecule has 6 heteroatoms. The van der Waals surface area contributed by atoms with Gasteiger partial charge in [0.1, 0.15) is 11.3 Å². The van der Waals surface area contributed by atoms with Crippen LogP contribution in [0.25, 0.3) is 10.8 Å². The number of esters is 1. The molecule has 3 rings (SSSR count). The molecule has 0 unspecified atom stereocenters. The average molecular weight is 408 g/mol. The van der Waals surface area contributed by atoms with Crippen LogP contribution < -0.4 is 10.1 Å². The van der Waals surface area contributed by atoms with Crippen molar-refractivity contribution in [3.05, 3.63) is 42.0 Å². The maximum atomic E-state index is 12.6. The number of methoxy groups -OCH3 is 1. The predicted octanol–water partition coefficient (Wildman–Crippen LogP) is 4.23. The molecule has 2 atom stereocenters. The van der Waals surface area contributed by atoms with E-state index in [1.165, 1.54) is 0 Å². The lowest BCUT2D eigenvalue weighted by molar-refractivity contribution is -0.156. The zero-order chi connectivity index (χ0) is 21.7. The molecular weight excluding hydrogens is 380 g/mol. The highest BCUT2D eigenvalue weighted by atomic mass is 16.5. The summed E-state index contributed by atoms with van der Waals surface area (Å²) in [7, 11) is 1.62. The van der Waals surface area contributed by atoms with Crippen LogP contribution in [0.2, 0.25) is 0 Å². The van der Waals surface area contributed by atoms with E-state index in [1.807, 2.05) is 36.4 Å². The van der Waals surface area contributed by atoms with Gasteiger partial charge in [-0.05, 0) is 55.2 Å². The summed E-state index contributed by atoms with van der Waals surface area (Å²) in [6, 6.07) is 13.8. The van der Waals surface area contributed by atoms with Crippen LogP contribution in [0.3, 0.4) is 0 Å². The summed E-state index contributed by atoms with van der Waals surface area (Å²) in [5.74, 6) is -0.646. The van der Waals surface area contributed by atoms with E-state index < -0.39 is 29.4 Å². The van der Waals surface area contributed by atoms with E-state index in [9.17, 15) is 14.9 Å². The summed E-state index contributed by atoms with van der Waals surface area (Å²) < 4.78 is 10.7. The second-order valence-corrected chi connectivity index (χ2v) is 8.02. The molecule has 0 bridgehead atoms. The highest BCUT2D eigenvalue weighted by Gasteiger charge is 2.35. The smallest absolute Gasteiger partial charge is 0.313 e. The number of benzene rings is 2. The normalized spacial score (nSPS) is 17.4. The lowest BCUT2D eigenvalue weighted by Gasteiger charge is -2.32. The molecule has 2 aromatic carbocycles. The number of nitriles is 1. The van der Waals surface area contributed by atoms with Crippen LogP contribution in [-0.4, -0.2) is 30.6 Å². The van der Waals surface area contributed by atoms with Gasteiger partial charge in [0.15, 0.2) is 6.10 Å². The van der Waals surface area contributed by atoms with Crippen molar-refractivity contribution < 1.29 is 19.1 Å². The Morgan fingerprint density at radius 3 is 2.40 bits per heavy atom. The van der Waals surface area contributed by atoms with Crippen LogP contribution in [0.5, 0.6) is 5.75 Å². The van der Waals surface area contributed by atoms with E-state index >= 15 is 0 Å². The summed E-state index contributed by atoms with van der Waals surface area (Å²) >= 11 is 0. The monoisotopic (exact) mass is 408 g/mol. The molecule has 6 nitrogen and oxygen atoms in total. The third-order valence-corrected chi connectivity index (χ3v) is 5.87. The summed E-state index contributed by atoms with van der Waals surface area (Å²) in [4.78, 5) is 25.2. The van der Waals surface area contributed by atoms with Gasteiger partial charge in [-0.15, -0.1) is 0 Å². The van der Waals surface area contributed by atoms with Crippen molar-refractivity contribution in [2.24, 2.45) is 0 Å². The Labute approximate surface area is 177 Å². The molecule has 0 saturated heterocycles. The summed E-state index contributed by atoms with van der Waals surface area (Å²) in [5.41, 5.74) is -0.0351. The minimum atomic E-state index is -0.961. The first-order valence-corrected chi connectivity index (χ1v) is 10.4. The van der Waals surface area contributed by atoms with Crippen molar-refractivity contribution in [2.45, 2.75) is 63.5 Å². The number of ether oxygens (including phenoxy) is 2. The fourth-order valence-electron chi connectivity index (χ4n) is 3.86. The van der Waals surface area contributed by atoms with Crippen LogP contribution in [0.1, 0.15) is 57.4 Å². The number of amides is 1. The van der Waals surface area contributed by atoms with Crippen molar-refractivity contribution >= 4 is 22.6 Å². The van der Waals surface area contributed by atoms with Gasteiger partial charge in [-0.3, -0.25) is 9.59 Å². The minimum absolute atomic E-state index is 0.426. The van der Waals surface area contributed by atoms with E-state index in [4.69, 9.17) is 9.47 Å². The Kier molecular flexibility index (Phi) is 6.61. The Balaban J connectivity index is 1.65. The number of carbonyl (C=O) groups excluding carboxylic acids is 2. The van der Waals surface area contributed by atoms with E-state index in [2.05, 4.69) is 11.4 Å². The Bertz CT molecular complexity index is 973. The van der Waals surface area contributed by atoms with Gasteiger partial charge in [-0.1, -0.05) is 43.5 Å². The molecule has 0 radical (unpaired) electrons. The Morgan fingerprint density at radius 1 is 1.07 bits per heavy atom. The number of nitrogens with zero attached hydrogens (tertiary/aromatic N) is 1. The maximum Gasteiger partial charge on any atom is 0.313 e. The first-order chi connectivity index (χ1) is 14.4. The molecule has 1 amide bonds. The van der Waals surface area contributed by atoms with Gasteiger partial charge >= 0.3 is 5.97 Å². The fourth-order valence-corrected chi connectivity index (χ4v) is 3.86. The Hall–Kier alpha value is -3.07. The van der Waals surface area contributed by atoms with Gasteiger partial charge in [0.2, 0.25) is 0 Å². The quantitative estimate of drug-likeness (QED) is 0.723. The van der Waals surface area contributed by atoms with Crippen LogP contribution >= 0.6 is 0 Å². The minimum Gasteiger partial charge on any atom is -0.497 e. The molecule has 0 spiro atoms. The average Bonchev–Trinajstić information content (AvgIpc) is 2.78. The summed E-state index contributed by atoms with van der Waals surface area (Å²) in [6.45, 7) is 3.30. The van der Waals surface area contributed by atoms with E-state index in [0.29, 0.717) is 12.8 Å². The largest absolute Gasteiger partial charge is 0.497 e. The van der Waals surface area contributed by atoms with Gasteiger partial charge in [-0.25, -0.2) is 0 Å².